The first-order valence-electron chi connectivity index (χ1n) is 12.9. The minimum absolute atomic E-state index is 0.226. The number of carbonyl (C=O) groups is 4. The van der Waals surface area contributed by atoms with Gasteiger partial charge in [0.25, 0.3) is 11.8 Å². The van der Waals surface area contributed by atoms with Gasteiger partial charge >= 0.3 is 6.09 Å². The SMILES string of the molecule is CCn1c(-c2ccccc2)c(C(=O)C(C(=O)Nc2cc(C)ccc2Cl)N2C(=O)OC(C)(C)C2=O)c2ccccc21. The van der Waals surface area contributed by atoms with Crippen molar-refractivity contribution in [3.8, 4) is 11.3 Å². The Morgan fingerprint density at radius 1 is 1.00 bits per heavy atom. The number of halogens is 1. The number of ether oxygens (including phenoxy) is 1. The Balaban J connectivity index is 1.73. The molecule has 204 valence electrons. The first-order valence-corrected chi connectivity index (χ1v) is 13.3. The molecule has 1 aliphatic heterocycles. The Morgan fingerprint density at radius 3 is 2.33 bits per heavy atom. The lowest BCUT2D eigenvalue weighted by Crippen LogP contribution is -2.53. The van der Waals surface area contributed by atoms with E-state index < -0.39 is 35.3 Å². The van der Waals surface area contributed by atoms with Crippen LogP contribution in [0.3, 0.4) is 0 Å². The molecule has 1 aromatic heterocycles. The highest BCUT2D eigenvalue weighted by Gasteiger charge is 2.54. The van der Waals surface area contributed by atoms with Crippen molar-refractivity contribution in [3.63, 3.8) is 0 Å². The summed E-state index contributed by atoms with van der Waals surface area (Å²) in [6.45, 7) is 7.15. The van der Waals surface area contributed by atoms with Crippen LogP contribution in [-0.2, 0) is 20.9 Å². The predicted octanol–water partition coefficient (Wildman–Crippen LogP) is 6.24. The van der Waals surface area contributed by atoms with Gasteiger partial charge in [0.05, 0.1) is 22.0 Å². The van der Waals surface area contributed by atoms with Crippen LogP contribution in [0.15, 0.2) is 72.8 Å². The van der Waals surface area contributed by atoms with Gasteiger partial charge in [-0.05, 0) is 57.0 Å². The molecule has 1 aliphatic rings. The average Bonchev–Trinajstić information content (AvgIpc) is 3.37. The van der Waals surface area contributed by atoms with E-state index in [0.29, 0.717) is 22.5 Å². The molecule has 2 heterocycles. The monoisotopic (exact) mass is 557 g/mol. The molecule has 1 saturated heterocycles. The van der Waals surface area contributed by atoms with Crippen LogP contribution in [0.25, 0.3) is 22.2 Å². The smallest absolute Gasteiger partial charge is 0.418 e. The van der Waals surface area contributed by atoms with Crippen LogP contribution >= 0.6 is 11.6 Å². The van der Waals surface area contributed by atoms with Crippen LogP contribution in [0.2, 0.25) is 5.02 Å². The van der Waals surface area contributed by atoms with Crippen molar-refractivity contribution in [2.75, 3.05) is 5.32 Å². The molecule has 0 radical (unpaired) electrons. The van der Waals surface area contributed by atoms with Gasteiger partial charge in [-0.2, -0.15) is 0 Å². The van der Waals surface area contributed by atoms with Gasteiger partial charge < -0.3 is 14.6 Å². The number of rotatable bonds is 7. The van der Waals surface area contributed by atoms with Crippen molar-refractivity contribution in [1.29, 1.82) is 0 Å². The number of hydrogen-bond acceptors (Lipinski definition) is 5. The molecule has 3 aromatic carbocycles. The number of hydrogen-bond donors (Lipinski definition) is 1. The number of nitrogens with zero attached hydrogens (tertiary/aromatic N) is 2. The van der Waals surface area contributed by atoms with E-state index in [4.69, 9.17) is 16.3 Å². The molecule has 4 aromatic rings. The Hall–Kier alpha value is -4.43. The lowest BCUT2D eigenvalue weighted by atomic mass is 9.95. The number of ketones is 1. The van der Waals surface area contributed by atoms with Gasteiger partial charge in [0.15, 0.2) is 17.4 Å². The summed E-state index contributed by atoms with van der Waals surface area (Å²) in [6.07, 6.45) is -1.07. The standard InChI is InChI=1S/C31H28ClN3O5/c1-5-34-23-14-10-9-13-20(23)24(25(34)19-11-7-6-8-12-19)27(36)26(35-29(38)31(3,4)40-30(35)39)28(37)33-22-17-18(2)15-16-21(22)32/h6-17,26H,5H2,1-4H3,(H,33,37). The van der Waals surface area contributed by atoms with E-state index in [2.05, 4.69) is 5.32 Å². The molecular formula is C31H28ClN3O5. The number of aromatic nitrogens is 1. The summed E-state index contributed by atoms with van der Waals surface area (Å²) in [5, 5.41) is 3.52. The highest BCUT2D eigenvalue weighted by Crippen LogP contribution is 2.37. The zero-order valence-corrected chi connectivity index (χ0v) is 23.3. The Kier molecular flexibility index (Phi) is 6.98. The van der Waals surface area contributed by atoms with Crippen molar-refractivity contribution in [1.82, 2.24) is 9.47 Å². The van der Waals surface area contributed by atoms with E-state index in [1.807, 2.05) is 60.9 Å². The summed E-state index contributed by atoms with van der Waals surface area (Å²) in [6, 6.07) is 19.9. The highest BCUT2D eigenvalue weighted by atomic mass is 35.5. The van der Waals surface area contributed by atoms with E-state index in [9.17, 15) is 19.2 Å². The first kappa shape index (κ1) is 27.1. The molecule has 1 fully saturated rings. The number of carbonyl (C=O) groups excluding carboxylic acids is 4. The maximum absolute atomic E-state index is 14.6. The molecule has 0 saturated carbocycles. The van der Waals surface area contributed by atoms with E-state index in [1.165, 1.54) is 13.8 Å². The molecule has 1 atom stereocenters. The number of benzene rings is 3. The minimum atomic E-state index is -1.85. The Morgan fingerprint density at radius 2 is 1.68 bits per heavy atom. The average molecular weight is 558 g/mol. The first-order chi connectivity index (χ1) is 19.0. The van der Waals surface area contributed by atoms with Crippen molar-refractivity contribution in [3.05, 3.63) is 88.9 Å². The normalized spacial score (nSPS) is 15.3. The summed E-state index contributed by atoms with van der Waals surface area (Å²) < 4.78 is 7.27. The topological polar surface area (TPSA) is 97.7 Å². The fourth-order valence-corrected chi connectivity index (χ4v) is 5.28. The molecular weight excluding hydrogens is 530 g/mol. The molecule has 0 bridgehead atoms. The molecule has 8 nitrogen and oxygen atoms in total. The third-order valence-corrected chi connectivity index (χ3v) is 7.32. The number of imide groups is 1. The van der Waals surface area contributed by atoms with Crippen LogP contribution in [0, 0.1) is 6.92 Å². The molecule has 40 heavy (non-hydrogen) atoms. The number of fused-ring (bicyclic) bond motifs is 1. The van der Waals surface area contributed by atoms with Gasteiger partial charge in [0, 0.05) is 17.4 Å². The van der Waals surface area contributed by atoms with Crippen LogP contribution in [0.1, 0.15) is 36.7 Å². The molecule has 9 heteroatoms. The minimum Gasteiger partial charge on any atom is -0.433 e. The number of aryl methyl sites for hydroxylation is 2. The number of amides is 3. The van der Waals surface area contributed by atoms with Gasteiger partial charge in [-0.3, -0.25) is 14.4 Å². The number of nitrogens with one attached hydrogen (secondary N) is 1. The molecule has 0 aliphatic carbocycles. The Labute approximate surface area is 236 Å². The highest BCUT2D eigenvalue weighted by molar-refractivity contribution is 6.34. The number of Topliss-reactive ketones (excluding diaryl/α,β-unsaturated/α-hetero) is 1. The van der Waals surface area contributed by atoms with Crippen molar-refractivity contribution < 1.29 is 23.9 Å². The lowest BCUT2D eigenvalue weighted by molar-refractivity contribution is -0.137. The van der Waals surface area contributed by atoms with E-state index >= 15 is 0 Å². The summed E-state index contributed by atoms with van der Waals surface area (Å²) in [5.41, 5.74) is 1.87. The second kappa shape index (κ2) is 10.3. The van der Waals surface area contributed by atoms with Gasteiger partial charge in [0.2, 0.25) is 0 Å². The van der Waals surface area contributed by atoms with Crippen molar-refractivity contribution >= 4 is 51.9 Å². The Bertz CT molecular complexity index is 1680. The van der Waals surface area contributed by atoms with Crippen LogP contribution < -0.4 is 5.32 Å². The van der Waals surface area contributed by atoms with Crippen molar-refractivity contribution in [2.45, 2.75) is 45.9 Å². The van der Waals surface area contributed by atoms with Gasteiger partial charge in [0.1, 0.15) is 0 Å². The summed E-state index contributed by atoms with van der Waals surface area (Å²) in [4.78, 5) is 55.7. The fourth-order valence-electron chi connectivity index (χ4n) is 5.11. The number of para-hydroxylation sites is 1. The number of cyclic esters (lactones) is 1. The fraction of sp³-hybridized carbons (Fsp3) is 0.226. The van der Waals surface area contributed by atoms with Gasteiger partial charge in [-0.15, -0.1) is 0 Å². The van der Waals surface area contributed by atoms with Crippen molar-refractivity contribution in [2.24, 2.45) is 0 Å². The molecule has 1 unspecified atom stereocenters. The van der Waals surface area contributed by atoms with E-state index in [0.717, 1.165) is 16.6 Å². The quantitative estimate of drug-likeness (QED) is 0.214. The zero-order chi connectivity index (χ0) is 28.8. The predicted molar refractivity (Wildman–Crippen MR) is 153 cm³/mol. The van der Waals surface area contributed by atoms with Crippen LogP contribution in [-0.4, -0.2) is 44.8 Å². The molecule has 5 rings (SSSR count). The van der Waals surface area contributed by atoms with E-state index in [1.54, 1.807) is 30.3 Å². The molecule has 0 spiro atoms. The maximum atomic E-state index is 14.6. The zero-order valence-electron chi connectivity index (χ0n) is 22.5. The van der Waals surface area contributed by atoms with E-state index in [-0.39, 0.29) is 16.3 Å². The van der Waals surface area contributed by atoms with Gasteiger partial charge in [-0.25, -0.2) is 9.69 Å². The molecule has 3 amide bonds. The van der Waals surface area contributed by atoms with Crippen LogP contribution in [0.5, 0.6) is 0 Å². The summed E-state index contributed by atoms with van der Waals surface area (Å²) in [7, 11) is 0. The molecule has 1 N–H and O–H groups in total. The lowest BCUT2D eigenvalue weighted by Gasteiger charge is -2.24. The van der Waals surface area contributed by atoms with Crippen LogP contribution in [0.4, 0.5) is 10.5 Å². The largest absolute Gasteiger partial charge is 0.433 e. The summed E-state index contributed by atoms with van der Waals surface area (Å²) in [5.74, 6) is -2.39. The third-order valence-electron chi connectivity index (χ3n) is 6.99. The maximum Gasteiger partial charge on any atom is 0.418 e. The number of anilines is 1. The second-order valence-electron chi connectivity index (χ2n) is 10.1. The second-order valence-corrected chi connectivity index (χ2v) is 10.6. The van der Waals surface area contributed by atoms with Gasteiger partial charge in [-0.1, -0.05) is 66.2 Å². The third kappa shape index (κ3) is 4.54. The summed E-state index contributed by atoms with van der Waals surface area (Å²) >= 11 is 6.33.